The van der Waals surface area contributed by atoms with Gasteiger partial charge in [-0.2, -0.15) is 0 Å². The van der Waals surface area contributed by atoms with Gasteiger partial charge >= 0.3 is 5.69 Å². The van der Waals surface area contributed by atoms with Crippen molar-refractivity contribution in [3.63, 3.8) is 0 Å². The van der Waals surface area contributed by atoms with Gasteiger partial charge in [-0.3, -0.25) is 14.8 Å². The zero-order valence-corrected chi connectivity index (χ0v) is 16.4. The third-order valence-corrected chi connectivity index (χ3v) is 5.57. The van der Waals surface area contributed by atoms with E-state index in [0.29, 0.717) is 11.4 Å². The number of hydrogen-bond donors (Lipinski definition) is 3. The first-order chi connectivity index (χ1) is 13.7. The molecule has 10 heteroatoms. The number of aromatic amines is 1. The highest BCUT2D eigenvalue weighted by Gasteiger charge is 2.14. The molecular formula is C19H18N4O5S. The lowest BCUT2D eigenvalue weighted by Gasteiger charge is -2.10. The fourth-order valence-electron chi connectivity index (χ4n) is 2.63. The van der Waals surface area contributed by atoms with Crippen LogP contribution in [0.15, 0.2) is 68.0 Å². The van der Waals surface area contributed by atoms with E-state index < -0.39 is 27.2 Å². The van der Waals surface area contributed by atoms with E-state index in [1.54, 1.807) is 18.2 Å². The number of aromatic hydroxyl groups is 1. The van der Waals surface area contributed by atoms with Gasteiger partial charge < -0.3 is 5.11 Å². The molecule has 3 N–H and O–H groups in total. The maximum atomic E-state index is 12.2. The molecule has 0 bridgehead atoms. The van der Waals surface area contributed by atoms with Crippen molar-refractivity contribution in [2.75, 3.05) is 7.05 Å². The van der Waals surface area contributed by atoms with Crippen LogP contribution in [0.1, 0.15) is 11.1 Å². The molecule has 150 valence electrons. The summed E-state index contributed by atoms with van der Waals surface area (Å²) in [5.41, 5.74) is -0.177. The zero-order valence-electron chi connectivity index (χ0n) is 15.6. The van der Waals surface area contributed by atoms with Crippen LogP contribution in [0.3, 0.4) is 0 Å². The Kier molecular flexibility index (Phi) is 5.48. The van der Waals surface area contributed by atoms with Crippen LogP contribution in [-0.4, -0.2) is 36.3 Å². The molecule has 0 atom stereocenters. The molecule has 2 aromatic carbocycles. The van der Waals surface area contributed by atoms with E-state index in [9.17, 15) is 23.1 Å². The number of aryl methyl sites for hydroxylation is 1. The number of H-pyrrole nitrogens is 1. The van der Waals surface area contributed by atoms with Gasteiger partial charge in [0.2, 0.25) is 15.9 Å². The lowest BCUT2D eigenvalue weighted by atomic mass is 10.2. The van der Waals surface area contributed by atoms with E-state index in [1.165, 1.54) is 31.3 Å². The normalized spacial score (nSPS) is 11.8. The first-order valence-electron chi connectivity index (χ1n) is 8.46. The highest BCUT2D eigenvalue weighted by molar-refractivity contribution is 7.89. The Morgan fingerprint density at radius 3 is 2.45 bits per heavy atom. The fraction of sp³-hybridized carbons (Fsp3) is 0.105. The lowest BCUT2D eigenvalue weighted by molar-refractivity contribution is 0.430. The van der Waals surface area contributed by atoms with E-state index in [-0.39, 0.29) is 10.5 Å². The summed E-state index contributed by atoms with van der Waals surface area (Å²) in [6.07, 6.45) is 1.11. The summed E-state index contributed by atoms with van der Waals surface area (Å²) in [7, 11) is -2.27. The van der Waals surface area contributed by atoms with Gasteiger partial charge in [-0.15, -0.1) is 0 Å². The van der Waals surface area contributed by atoms with Gasteiger partial charge in [0.25, 0.3) is 5.56 Å². The maximum Gasteiger partial charge on any atom is 0.335 e. The molecule has 0 amide bonds. The van der Waals surface area contributed by atoms with Crippen LogP contribution in [0.25, 0.3) is 5.69 Å². The lowest BCUT2D eigenvalue weighted by Crippen LogP contribution is -2.31. The number of aliphatic imine (C=N–C) groups is 1. The predicted molar refractivity (Wildman–Crippen MR) is 109 cm³/mol. The summed E-state index contributed by atoms with van der Waals surface area (Å²) in [6, 6.07) is 12.5. The van der Waals surface area contributed by atoms with Gasteiger partial charge in [-0.05, 0) is 55.9 Å². The van der Waals surface area contributed by atoms with Gasteiger partial charge in [0, 0.05) is 6.21 Å². The molecule has 0 spiro atoms. The van der Waals surface area contributed by atoms with Crippen molar-refractivity contribution in [3.8, 4) is 11.6 Å². The van der Waals surface area contributed by atoms with Crippen LogP contribution in [0.5, 0.6) is 5.88 Å². The van der Waals surface area contributed by atoms with Gasteiger partial charge in [-0.25, -0.2) is 22.5 Å². The molecule has 0 unspecified atom stereocenters. The summed E-state index contributed by atoms with van der Waals surface area (Å²) in [6.45, 7) is 1.83. The number of rotatable bonds is 5. The van der Waals surface area contributed by atoms with Gasteiger partial charge in [0.1, 0.15) is 5.56 Å². The van der Waals surface area contributed by atoms with Crippen molar-refractivity contribution in [1.29, 1.82) is 0 Å². The van der Waals surface area contributed by atoms with E-state index in [0.717, 1.165) is 16.3 Å². The minimum atomic E-state index is -3.58. The second-order valence-corrected chi connectivity index (χ2v) is 8.02. The first-order valence-corrected chi connectivity index (χ1v) is 9.94. The zero-order chi connectivity index (χ0) is 21.2. The molecule has 0 aliphatic heterocycles. The first kappa shape index (κ1) is 20.2. The summed E-state index contributed by atoms with van der Waals surface area (Å²) >= 11 is 0. The quantitative estimate of drug-likeness (QED) is 0.540. The van der Waals surface area contributed by atoms with Gasteiger partial charge in [-0.1, -0.05) is 12.1 Å². The SMILES string of the molecule is CNS(=O)(=O)c1ccc(N=Cc2c(O)n(-c3cccc(C)c3)c(=O)[nH]c2=O)cc1. The standard InChI is InChI=1S/C19H18N4O5S/c1-12-4-3-5-14(10-12)23-18(25)16(17(24)22-19(23)26)11-21-13-6-8-15(9-7-13)29(27,28)20-2/h3-11,20,25H,1-2H3,(H,22,24,26). The van der Waals surface area contributed by atoms with Crippen molar-refractivity contribution in [2.24, 2.45) is 4.99 Å². The van der Waals surface area contributed by atoms with E-state index in [4.69, 9.17) is 0 Å². The highest BCUT2D eigenvalue weighted by atomic mass is 32.2. The molecule has 3 rings (SSSR count). The predicted octanol–water partition coefficient (Wildman–Crippen LogP) is 1.20. The van der Waals surface area contributed by atoms with Crippen LogP contribution in [0.2, 0.25) is 0 Å². The largest absolute Gasteiger partial charge is 0.493 e. The molecule has 0 aliphatic carbocycles. The number of aromatic nitrogens is 2. The van der Waals surface area contributed by atoms with Crippen molar-refractivity contribution < 1.29 is 13.5 Å². The number of benzene rings is 2. The molecule has 3 aromatic rings. The summed E-state index contributed by atoms with van der Waals surface area (Å²) in [4.78, 5) is 30.7. The summed E-state index contributed by atoms with van der Waals surface area (Å²) in [5, 5.41) is 10.5. The minimum absolute atomic E-state index is 0.0626. The van der Waals surface area contributed by atoms with Crippen molar-refractivity contribution in [2.45, 2.75) is 11.8 Å². The van der Waals surface area contributed by atoms with Crippen molar-refractivity contribution >= 4 is 21.9 Å². The number of hydrogen-bond acceptors (Lipinski definition) is 6. The van der Waals surface area contributed by atoms with Crippen molar-refractivity contribution in [1.82, 2.24) is 14.3 Å². The average molecular weight is 414 g/mol. The van der Waals surface area contributed by atoms with Crippen LogP contribution in [0, 0.1) is 6.92 Å². The minimum Gasteiger partial charge on any atom is -0.493 e. The molecule has 0 saturated heterocycles. The van der Waals surface area contributed by atoms with Crippen LogP contribution in [0.4, 0.5) is 5.69 Å². The molecule has 1 heterocycles. The maximum absolute atomic E-state index is 12.2. The molecule has 0 aliphatic rings. The van der Waals surface area contributed by atoms with E-state index in [2.05, 4.69) is 14.7 Å². The molecular weight excluding hydrogens is 396 g/mol. The Balaban J connectivity index is 2.03. The van der Waals surface area contributed by atoms with E-state index in [1.807, 2.05) is 13.0 Å². The Bertz CT molecular complexity index is 1310. The Labute approximate surface area is 166 Å². The van der Waals surface area contributed by atoms with Crippen LogP contribution >= 0.6 is 0 Å². The Hall–Kier alpha value is -3.50. The van der Waals surface area contributed by atoms with Gasteiger partial charge in [0.05, 0.1) is 16.3 Å². The molecule has 0 radical (unpaired) electrons. The van der Waals surface area contributed by atoms with E-state index >= 15 is 0 Å². The third kappa shape index (κ3) is 4.18. The average Bonchev–Trinajstić information content (AvgIpc) is 2.68. The highest BCUT2D eigenvalue weighted by Crippen LogP contribution is 2.19. The fourth-order valence-corrected chi connectivity index (χ4v) is 3.36. The summed E-state index contributed by atoms with van der Waals surface area (Å²) in [5.74, 6) is -0.553. The molecule has 9 nitrogen and oxygen atoms in total. The Morgan fingerprint density at radius 1 is 1.14 bits per heavy atom. The summed E-state index contributed by atoms with van der Waals surface area (Å²) < 4.78 is 26.7. The second kappa shape index (κ2) is 7.86. The third-order valence-electron chi connectivity index (χ3n) is 4.14. The molecule has 0 saturated carbocycles. The monoisotopic (exact) mass is 414 g/mol. The van der Waals surface area contributed by atoms with Crippen LogP contribution < -0.4 is 16.0 Å². The second-order valence-electron chi connectivity index (χ2n) is 6.13. The number of sulfonamides is 1. The van der Waals surface area contributed by atoms with Gasteiger partial charge in [0.15, 0.2) is 0 Å². The topological polar surface area (TPSA) is 134 Å². The Morgan fingerprint density at radius 2 is 1.83 bits per heavy atom. The number of nitrogens with zero attached hydrogens (tertiary/aromatic N) is 2. The molecule has 1 aromatic heterocycles. The van der Waals surface area contributed by atoms with Crippen molar-refractivity contribution in [3.05, 3.63) is 80.5 Å². The number of nitrogens with one attached hydrogen (secondary N) is 2. The smallest absolute Gasteiger partial charge is 0.335 e. The molecule has 29 heavy (non-hydrogen) atoms. The van der Waals surface area contributed by atoms with Crippen LogP contribution in [-0.2, 0) is 10.0 Å². The molecule has 0 fully saturated rings.